The summed E-state index contributed by atoms with van der Waals surface area (Å²) < 4.78 is 10.6. The predicted octanol–water partition coefficient (Wildman–Crippen LogP) is 20.0. The van der Waals surface area contributed by atoms with Gasteiger partial charge in [-0.15, -0.1) is 0 Å². The van der Waals surface area contributed by atoms with Gasteiger partial charge < -0.3 is 14.6 Å². The van der Waals surface area contributed by atoms with Crippen molar-refractivity contribution in [1.29, 1.82) is 0 Å². The molecule has 0 fully saturated rings. The first-order valence-electron chi connectivity index (χ1n) is 29.5. The highest BCUT2D eigenvalue weighted by Crippen LogP contribution is 2.18. The smallest absolute Gasteiger partial charge is 0.306 e. The van der Waals surface area contributed by atoms with Crippen LogP contribution in [0.4, 0.5) is 0 Å². The molecule has 0 bridgehead atoms. The molecule has 5 heteroatoms. The van der Waals surface area contributed by atoms with E-state index in [2.05, 4.69) is 74.6 Å². The third-order valence-electron chi connectivity index (χ3n) is 13.0. The highest BCUT2D eigenvalue weighted by atomic mass is 16.6. The molecule has 68 heavy (non-hydrogen) atoms. The van der Waals surface area contributed by atoms with Crippen LogP contribution in [0.3, 0.4) is 0 Å². The number of hydrogen-bond donors (Lipinski definition) is 1. The van der Waals surface area contributed by atoms with Crippen LogP contribution in [0.2, 0.25) is 0 Å². The molecule has 0 aliphatic carbocycles. The van der Waals surface area contributed by atoms with Gasteiger partial charge in [0.2, 0.25) is 0 Å². The average Bonchev–Trinajstić information content (AvgIpc) is 3.34. The van der Waals surface area contributed by atoms with Crippen LogP contribution in [0.1, 0.15) is 296 Å². The van der Waals surface area contributed by atoms with E-state index in [4.69, 9.17) is 9.47 Å². The van der Waals surface area contributed by atoms with E-state index in [1.165, 1.54) is 205 Å². The fourth-order valence-electron chi connectivity index (χ4n) is 8.64. The number of esters is 2. The van der Waals surface area contributed by atoms with Gasteiger partial charge >= 0.3 is 11.9 Å². The molecule has 0 spiro atoms. The summed E-state index contributed by atoms with van der Waals surface area (Å²) in [6.07, 6.45) is 80.6. The first kappa shape index (κ1) is 65.3. The maximum absolute atomic E-state index is 12.2. The molecule has 0 aromatic rings. The van der Waals surface area contributed by atoms with E-state index in [-0.39, 0.29) is 25.6 Å². The molecule has 0 amide bonds. The fourth-order valence-corrected chi connectivity index (χ4v) is 8.64. The molecule has 1 atom stereocenters. The largest absolute Gasteiger partial charge is 0.462 e. The Labute approximate surface area is 423 Å². The van der Waals surface area contributed by atoms with Crippen molar-refractivity contribution in [2.75, 3.05) is 13.2 Å². The Balaban J connectivity index is 3.46. The van der Waals surface area contributed by atoms with Gasteiger partial charge in [-0.05, 0) is 51.4 Å². The first-order valence-corrected chi connectivity index (χ1v) is 29.5. The number of unbranched alkanes of at least 4 members (excludes halogenated alkanes) is 34. The van der Waals surface area contributed by atoms with Gasteiger partial charge in [0, 0.05) is 12.8 Å². The Morgan fingerprint density at radius 3 is 0.926 bits per heavy atom. The molecule has 0 heterocycles. The van der Waals surface area contributed by atoms with Crippen molar-refractivity contribution in [3.8, 4) is 0 Å². The summed E-state index contributed by atoms with van der Waals surface area (Å²) >= 11 is 0. The second-order valence-electron chi connectivity index (χ2n) is 19.7. The number of ether oxygens (including phenoxy) is 2. The second-order valence-corrected chi connectivity index (χ2v) is 19.7. The highest BCUT2D eigenvalue weighted by Gasteiger charge is 2.16. The predicted molar refractivity (Wildman–Crippen MR) is 297 cm³/mol. The highest BCUT2D eigenvalue weighted by molar-refractivity contribution is 5.70. The zero-order chi connectivity index (χ0) is 49.2. The third-order valence-corrected chi connectivity index (χ3v) is 13.0. The first-order chi connectivity index (χ1) is 33.6. The van der Waals surface area contributed by atoms with Crippen molar-refractivity contribution in [3.63, 3.8) is 0 Å². The molecule has 0 rings (SSSR count). The molecular weight excluding hydrogens is 837 g/mol. The van der Waals surface area contributed by atoms with E-state index in [1.54, 1.807) is 0 Å². The Kier molecular flexibility index (Phi) is 56.4. The number of rotatable bonds is 54. The minimum atomic E-state index is -0.815. The molecule has 0 radical (unpaired) electrons. The quantitative estimate of drug-likeness (QED) is 0.0374. The zero-order valence-electron chi connectivity index (χ0n) is 45.1. The van der Waals surface area contributed by atoms with Gasteiger partial charge in [0.1, 0.15) is 6.61 Å². The van der Waals surface area contributed by atoms with Crippen LogP contribution in [0.25, 0.3) is 0 Å². The van der Waals surface area contributed by atoms with Crippen molar-refractivity contribution in [3.05, 3.63) is 72.9 Å². The molecule has 0 aliphatic rings. The van der Waals surface area contributed by atoms with Crippen LogP contribution >= 0.6 is 0 Å². The summed E-state index contributed by atoms with van der Waals surface area (Å²) in [7, 11) is 0. The second kappa shape index (κ2) is 58.7. The van der Waals surface area contributed by atoms with E-state index in [1.807, 2.05) is 12.2 Å². The molecule has 1 N–H and O–H groups in total. The van der Waals surface area contributed by atoms with Crippen LogP contribution in [0, 0.1) is 0 Å². The zero-order valence-corrected chi connectivity index (χ0v) is 45.1. The molecule has 0 saturated carbocycles. The van der Waals surface area contributed by atoms with E-state index >= 15 is 0 Å². The molecule has 0 aromatic carbocycles. The Morgan fingerprint density at radius 2 is 0.632 bits per heavy atom. The number of hydrogen-bond acceptors (Lipinski definition) is 5. The summed E-state index contributed by atoms with van der Waals surface area (Å²) in [5.41, 5.74) is 0. The van der Waals surface area contributed by atoms with Crippen molar-refractivity contribution >= 4 is 11.9 Å². The van der Waals surface area contributed by atoms with Gasteiger partial charge in [-0.1, -0.05) is 305 Å². The Morgan fingerprint density at radius 1 is 0.353 bits per heavy atom. The lowest BCUT2D eigenvalue weighted by Gasteiger charge is -2.15. The summed E-state index contributed by atoms with van der Waals surface area (Å²) in [4.78, 5) is 24.4. The number of aliphatic hydroxyl groups is 1. The normalized spacial score (nSPS) is 12.7. The van der Waals surface area contributed by atoms with Crippen molar-refractivity contribution < 1.29 is 24.2 Å². The van der Waals surface area contributed by atoms with Crippen molar-refractivity contribution in [2.24, 2.45) is 0 Å². The molecule has 394 valence electrons. The molecule has 0 saturated heterocycles. The van der Waals surface area contributed by atoms with E-state index in [0.29, 0.717) is 12.8 Å². The topological polar surface area (TPSA) is 72.8 Å². The van der Waals surface area contributed by atoms with Gasteiger partial charge in [0.15, 0.2) is 6.10 Å². The molecular formula is C63H112O5. The summed E-state index contributed by atoms with van der Waals surface area (Å²) in [5, 5.41) is 9.63. The lowest BCUT2D eigenvalue weighted by atomic mass is 10.0. The van der Waals surface area contributed by atoms with Gasteiger partial charge in [0.05, 0.1) is 6.61 Å². The van der Waals surface area contributed by atoms with Crippen LogP contribution in [0.5, 0.6) is 0 Å². The van der Waals surface area contributed by atoms with E-state index < -0.39 is 12.1 Å². The van der Waals surface area contributed by atoms with Crippen LogP contribution in [-0.4, -0.2) is 36.4 Å². The Bertz CT molecular complexity index is 1210. The maximum Gasteiger partial charge on any atom is 0.306 e. The minimum Gasteiger partial charge on any atom is -0.462 e. The summed E-state index contributed by atoms with van der Waals surface area (Å²) in [6, 6.07) is 0. The lowest BCUT2D eigenvalue weighted by molar-refractivity contribution is -0.161. The summed E-state index contributed by atoms with van der Waals surface area (Å²) in [5.74, 6) is -0.681. The number of allylic oxidation sites excluding steroid dienone is 12. The number of carbonyl (C=O) groups is 2. The number of aliphatic hydroxyl groups excluding tert-OH is 1. The van der Waals surface area contributed by atoms with Crippen LogP contribution < -0.4 is 0 Å². The Hall–Kier alpha value is -2.66. The lowest BCUT2D eigenvalue weighted by Crippen LogP contribution is -2.28. The minimum absolute atomic E-state index is 0.0966. The van der Waals surface area contributed by atoms with Crippen molar-refractivity contribution in [2.45, 2.75) is 302 Å². The maximum atomic E-state index is 12.2. The van der Waals surface area contributed by atoms with E-state index in [0.717, 1.165) is 57.8 Å². The monoisotopic (exact) mass is 949 g/mol. The summed E-state index contributed by atoms with van der Waals surface area (Å²) in [6.45, 7) is 3.99. The van der Waals surface area contributed by atoms with E-state index in [9.17, 15) is 14.7 Å². The van der Waals surface area contributed by atoms with Gasteiger partial charge in [-0.25, -0.2) is 0 Å². The van der Waals surface area contributed by atoms with Crippen LogP contribution in [0.15, 0.2) is 72.9 Å². The van der Waals surface area contributed by atoms with Gasteiger partial charge in [-0.2, -0.15) is 0 Å². The fraction of sp³-hybridized carbons (Fsp3) is 0.778. The van der Waals surface area contributed by atoms with Gasteiger partial charge in [-0.3, -0.25) is 9.59 Å². The van der Waals surface area contributed by atoms with Crippen molar-refractivity contribution in [1.82, 2.24) is 0 Å². The molecule has 5 nitrogen and oxygen atoms in total. The molecule has 0 aliphatic heterocycles. The average molecular weight is 950 g/mol. The van der Waals surface area contributed by atoms with Crippen LogP contribution in [-0.2, 0) is 19.1 Å². The standard InChI is InChI=1S/C63H112O5/c1-3-5-7-9-11-13-15-17-19-21-23-24-25-26-27-28-29-30-31-32-33-34-35-36-37-38-40-41-43-45-47-49-51-53-55-57-62(65)67-60-61(59-64)68-63(66)58-56-54-52-50-48-46-44-42-39-22-20-18-16-14-12-10-8-6-4-2/h6,8,12,14,18,20,39,42,46,48,52,54,61,64H,3-5,7,9-11,13,15-17,19,21-38,40-41,43-45,47,49-51,53,55-60H2,1-2H3/b8-6-,14-12-,20-18-,42-39-,48-46-,54-52-. The number of carbonyl (C=O) groups excluding carboxylic acids is 2. The molecule has 0 aromatic heterocycles. The third kappa shape index (κ3) is 55.9. The van der Waals surface area contributed by atoms with Gasteiger partial charge in [0.25, 0.3) is 0 Å². The molecule has 1 unspecified atom stereocenters. The SMILES string of the molecule is CC/C=C\C/C=C\C/C=C\C/C=C\C/C=C\C/C=C\CCC(=O)OC(CO)COC(=O)CCCCCCCCCCCCCCCCCCCCCCCCCCCCCCCCCCCCC.